The molecular formula is C8H12ClN3O2S. The highest BCUT2D eigenvalue weighted by Gasteiger charge is 2.01. The zero-order valence-corrected chi connectivity index (χ0v) is 9.85. The summed E-state index contributed by atoms with van der Waals surface area (Å²) < 4.78 is 21.6. The lowest BCUT2D eigenvalue weighted by atomic mass is 10.4. The molecule has 0 spiro atoms. The number of hydrogen-bond acceptors (Lipinski definition) is 5. The Balaban J connectivity index is 2.32. The van der Waals surface area contributed by atoms with E-state index in [9.17, 15) is 8.42 Å². The van der Waals surface area contributed by atoms with Crippen LogP contribution in [-0.2, 0) is 9.84 Å². The zero-order valence-electron chi connectivity index (χ0n) is 8.27. The maximum atomic E-state index is 10.8. The van der Waals surface area contributed by atoms with Gasteiger partial charge in [-0.15, -0.1) is 0 Å². The maximum Gasteiger partial charge on any atom is 0.147 e. The summed E-state index contributed by atoms with van der Waals surface area (Å²) in [5.74, 6) is 0.766. The predicted octanol–water partition coefficient (Wildman–Crippen LogP) is 0.977. The first-order valence-electron chi connectivity index (χ1n) is 4.36. The van der Waals surface area contributed by atoms with Crippen LogP contribution in [0.5, 0.6) is 0 Å². The summed E-state index contributed by atoms with van der Waals surface area (Å²) in [7, 11) is -2.89. The Hall–Kier alpha value is -0.880. The fourth-order valence-corrected chi connectivity index (χ4v) is 1.80. The van der Waals surface area contributed by atoms with Crippen molar-refractivity contribution in [2.45, 2.75) is 6.42 Å². The number of aromatic nitrogens is 2. The molecule has 15 heavy (non-hydrogen) atoms. The van der Waals surface area contributed by atoms with Gasteiger partial charge in [-0.1, -0.05) is 11.6 Å². The number of anilines is 1. The van der Waals surface area contributed by atoms with Gasteiger partial charge in [-0.2, -0.15) is 0 Å². The van der Waals surface area contributed by atoms with Crippen LogP contribution < -0.4 is 5.32 Å². The monoisotopic (exact) mass is 249 g/mol. The molecule has 0 saturated heterocycles. The summed E-state index contributed by atoms with van der Waals surface area (Å²) in [5, 5.41) is 3.32. The Bertz CT molecular complexity index is 422. The van der Waals surface area contributed by atoms with Crippen molar-refractivity contribution in [2.75, 3.05) is 23.9 Å². The number of nitrogens with zero attached hydrogens (tertiary/aromatic N) is 2. The quantitative estimate of drug-likeness (QED) is 0.622. The normalized spacial score (nSPS) is 11.3. The molecule has 0 amide bonds. The maximum absolute atomic E-state index is 10.8. The van der Waals surface area contributed by atoms with Crippen LogP contribution in [0.25, 0.3) is 0 Å². The molecule has 0 aliphatic heterocycles. The van der Waals surface area contributed by atoms with Gasteiger partial charge in [-0.25, -0.2) is 18.4 Å². The molecule has 7 heteroatoms. The van der Waals surface area contributed by atoms with E-state index in [1.54, 1.807) is 6.07 Å². The molecule has 0 aliphatic carbocycles. The molecule has 84 valence electrons. The average Bonchev–Trinajstić information content (AvgIpc) is 2.11. The van der Waals surface area contributed by atoms with Gasteiger partial charge in [0, 0.05) is 18.9 Å². The van der Waals surface area contributed by atoms with E-state index in [4.69, 9.17) is 11.6 Å². The standard InChI is InChI=1S/C8H12ClN3O2S/c1-15(13,14)4-2-3-10-8-5-7(9)11-6-12-8/h5-6H,2-4H2,1H3,(H,10,11,12). The first-order valence-corrected chi connectivity index (χ1v) is 6.80. The molecule has 0 atom stereocenters. The Labute approximate surface area is 93.8 Å². The van der Waals surface area contributed by atoms with Crippen LogP contribution in [0.3, 0.4) is 0 Å². The van der Waals surface area contributed by atoms with Gasteiger partial charge >= 0.3 is 0 Å². The van der Waals surface area contributed by atoms with Crippen molar-refractivity contribution < 1.29 is 8.42 Å². The van der Waals surface area contributed by atoms with Crippen LogP contribution in [-0.4, -0.2) is 36.9 Å². The van der Waals surface area contributed by atoms with Crippen LogP contribution >= 0.6 is 11.6 Å². The summed E-state index contributed by atoms with van der Waals surface area (Å²) in [6, 6.07) is 1.59. The molecule has 1 aromatic heterocycles. The topological polar surface area (TPSA) is 72.0 Å². The van der Waals surface area contributed by atoms with Gasteiger partial charge < -0.3 is 5.32 Å². The Morgan fingerprint density at radius 2 is 2.20 bits per heavy atom. The van der Waals surface area contributed by atoms with Crippen molar-refractivity contribution in [1.29, 1.82) is 0 Å². The molecule has 0 radical (unpaired) electrons. The van der Waals surface area contributed by atoms with Crippen molar-refractivity contribution in [1.82, 2.24) is 9.97 Å². The highest BCUT2D eigenvalue weighted by molar-refractivity contribution is 7.90. The highest BCUT2D eigenvalue weighted by atomic mass is 35.5. The molecule has 5 nitrogen and oxygen atoms in total. The lowest BCUT2D eigenvalue weighted by Crippen LogP contribution is -2.10. The second-order valence-corrected chi connectivity index (χ2v) is 5.78. The third-order valence-electron chi connectivity index (χ3n) is 1.63. The smallest absolute Gasteiger partial charge is 0.147 e. The van der Waals surface area contributed by atoms with Gasteiger partial charge in [0.25, 0.3) is 0 Å². The molecule has 0 aliphatic rings. The molecule has 0 fully saturated rings. The van der Waals surface area contributed by atoms with Crippen LogP contribution in [0.15, 0.2) is 12.4 Å². The first kappa shape index (κ1) is 12.2. The Morgan fingerprint density at radius 1 is 1.47 bits per heavy atom. The second kappa shape index (κ2) is 5.27. The van der Waals surface area contributed by atoms with Crippen molar-refractivity contribution in [3.8, 4) is 0 Å². The van der Waals surface area contributed by atoms with E-state index in [1.165, 1.54) is 12.6 Å². The molecular weight excluding hydrogens is 238 g/mol. The zero-order chi connectivity index (χ0) is 11.3. The lowest BCUT2D eigenvalue weighted by molar-refractivity contribution is 0.600. The van der Waals surface area contributed by atoms with Crippen molar-refractivity contribution in [2.24, 2.45) is 0 Å². The summed E-state index contributed by atoms with van der Waals surface area (Å²) >= 11 is 5.64. The van der Waals surface area contributed by atoms with Gasteiger partial charge in [-0.3, -0.25) is 0 Å². The minimum Gasteiger partial charge on any atom is -0.370 e. The predicted molar refractivity (Wildman–Crippen MR) is 59.9 cm³/mol. The molecule has 0 bridgehead atoms. The molecule has 1 heterocycles. The number of sulfone groups is 1. The van der Waals surface area contributed by atoms with Crippen LogP contribution in [0, 0.1) is 0 Å². The third-order valence-corrected chi connectivity index (χ3v) is 2.87. The van der Waals surface area contributed by atoms with E-state index in [-0.39, 0.29) is 5.75 Å². The number of hydrogen-bond donors (Lipinski definition) is 1. The van der Waals surface area contributed by atoms with E-state index < -0.39 is 9.84 Å². The van der Waals surface area contributed by atoms with Gasteiger partial charge in [0.15, 0.2) is 0 Å². The molecule has 1 N–H and O–H groups in total. The highest BCUT2D eigenvalue weighted by Crippen LogP contribution is 2.08. The Morgan fingerprint density at radius 3 is 2.80 bits per heavy atom. The van der Waals surface area contributed by atoms with E-state index in [2.05, 4.69) is 15.3 Å². The largest absolute Gasteiger partial charge is 0.370 e. The van der Waals surface area contributed by atoms with Crippen LogP contribution in [0.2, 0.25) is 5.15 Å². The lowest BCUT2D eigenvalue weighted by Gasteiger charge is -2.04. The second-order valence-electron chi connectivity index (χ2n) is 3.14. The van der Waals surface area contributed by atoms with Gasteiger partial charge in [0.1, 0.15) is 27.1 Å². The van der Waals surface area contributed by atoms with Gasteiger partial charge in [0.05, 0.1) is 5.75 Å². The third kappa shape index (κ3) is 5.54. The fraction of sp³-hybridized carbons (Fsp3) is 0.500. The van der Waals surface area contributed by atoms with Gasteiger partial charge in [-0.05, 0) is 6.42 Å². The number of rotatable bonds is 5. The number of nitrogens with one attached hydrogen (secondary N) is 1. The molecule has 0 aromatic carbocycles. The van der Waals surface area contributed by atoms with Gasteiger partial charge in [0.2, 0.25) is 0 Å². The van der Waals surface area contributed by atoms with Crippen LogP contribution in [0.4, 0.5) is 5.82 Å². The van der Waals surface area contributed by atoms with E-state index >= 15 is 0 Å². The first-order chi connectivity index (χ1) is 6.97. The fourth-order valence-electron chi connectivity index (χ4n) is 0.981. The van der Waals surface area contributed by atoms with Crippen LogP contribution in [0.1, 0.15) is 6.42 Å². The number of halogens is 1. The Kier molecular flexibility index (Phi) is 4.28. The molecule has 1 rings (SSSR count). The summed E-state index contributed by atoms with van der Waals surface area (Å²) in [5.41, 5.74) is 0. The summed E-state index contributed by atoms with van der Waals surface area (Å²) in [6.45, 7) is 0.542. The average molecular weight is 250 g/mol. The minimum absolute atomic E-state index is 0.165. The van der Waals surface area contributed by atoms with E-state index in [0.717, 1.165) is 0 Å². The van der Waals surface area contributed by atoms with E-state index in [1.807, 2.05) is 0 Å². The minimum atomic E-state index is -2.89. The summed E-state index contributed by atoms with van der Waals surface area (Å²) in [6.07, 6.45) is 3.11. The summed E-state index contributed by atoms with van der Waals surface area (Å²) in [4.78, 5) is 7.64. The van der Waals surface area contributed by atoms with E-state index in [0.29, 0.717) is 23.9 Å². The SMILES string of the molecule is CS(=O)(=O)CCCNc1cc(Cl)ncn1. The molecule has 0 saturated carbocycles. The van der Waals surface area contributed by atoms with Crippen molar-refractivity contribution in [3.63, 3.8) is 0 Å². The molecule has 0 unspecified atom stereocenters. The molecule has 1 aromatic rings. The van der Waals surface area contributed by atoms with Crippen molar-refractivity contribution in [3.05, 3.63) is 17.5 Å². The van der Waals surface area contributed by atoms with Crippen molar-refractivity contribution >= 4 is 27.3 Å².